The predicted octanol–water partition coefficient (Wildman–Crippen LogP) is 1.93. The number of hydrogen-bond acceptors (Lipinski definition) is 12. The first kappa shape index (κ1) is 40.8. The Hall–Kier alpha value is -0.190. The summed E-state index contributed by atoms with van der Waals surface area (Å²) in [4.78, 5) is 0. The summed E-state index contributed by atoms with van der Waals surface area (Å²) < 4.78 is 59.8. The molecule has 0 aromatic rings. The van der Waals surface area contributed by atoms with Crippen LogP contribution in [0.4, 0.5) is 0 Å². The summed E-state index contributed by atoms with van der Waals surface area (Å²) in [6.07, 6.45) is 4.50. The summed E-state index contributed by atoms with van der Waals surface area (Å²) in [6.45, 7) is 12.6. The Kier molecular flexibility index (Phi) is 39.6. The maximum Gasteiger partial charge on any atom is 0.0701 e. The molecule has 0 bridgehead atoms. The highest BCUT2D eigenvalue weighted by Crippen LogP contribution is 2.01. The molecule has 0 unspecified atom stereocenters. The highest BCUT2D eigenvalue weighted by molar-refractivity contribution is 6.17. The van der Waals surface area contributed by atoms with Crippen LogP contribution >= 0.6 is 11.6 Å². The highest BCUT2D eigenvalue weighted by Gasteiger charge is 1.96. The van der Waals surface area contributed by atoms with Crippen molar-refractivity contribution in [2.45, 2.75) is 25.7 Å². The molecule has 41 heavy (non-hydrogen) atoms. The van der Waals surface area contributed by atoms with Gasteiger partial charge in [0.25, 0.3) is 0 Å². The quantitative estimate of drug-likeness (QED) is 0.0801. The summed E-state index contributed by atoms with van der Waals surface area (Å²) in [5.74, 6) is 0.745. The molecule has 12 nitrogen and oxygen atoms in total. The van der Waals surface area contributed by atoms with E-state index < -0.39 is 0 Å². The number of nitrogens with two attached hydrogens (primary N) is 1. The van der Waals surface area contributed by atoms with Crippen LogP contribution in [0.25, 0.3) is 0 Å². The second-order valence-corrected chi connectivity index (χ2v) is 9.01. The van der Waals surface area contributed by atoms with Crippen molar-refractivity contribution >= 4 is 11.6 Å². The summed E-state index contributed by atoms with van der Waals surface area (Å²) >= 11 is 5.65. The Balaban J connectivity index is 3.02. The second kappa shape index (κ2) is 39.8. The van der Waals surface area contributed by atoms with Gasteiger partial charge in [-0.2, -0.15) is 0 Å². The van der Waals surface area contributed by atoms with Crippen molar-refractivity contribution in [2.75, 3.05) is 158 Å². The van der Waals surface area contributed by atoms with Gasteiger partial charge in [-0.05, 0) is 12.8 Å². The van der Waals surface area contributed by atoms with Crippen molar-refractivity contribution in [1.82, 2.24) is 0 Å². The monoisotopic (exact) mass is 619 g/mol. The zero-order chi connectivity index (χ0) is 29.6. The van der Waals surface area contributed by atoms with Gasteiger partial charge in [-0.25, -0.2) is 0 Å². The summed E-state index contributed by atoms with van der Waals surface area (Å²) in [7, 11) is 0. The van der Waals surface area contributed by atoms with Gasteiger partial charge in [0.05, 0.1) is 139 Å². The number of halogens is 1. The summed E-state index contributed by atoms with van der Waals surface area (Å²) in [5, 5.41) is 0. The van der Waals surface area contributed by atoms with Gasteiger partial charge in [-0.15, -0.1) is 11.6 Å². The van der Waals surface area contributed by atoms with Crippen LogP contribution in [0, 0.1) is 0 Å². The van der Waals surface area contributed by atoms with E-state index in [4.69, 9.17) is 69.4 Å². The van der Waals surface area contributed by atoms with Crippen LogP contribution in [-0.2, 0) is 52.1 Å². The summed E-state index contributed by atoms with van der Waals surface area (Å²) in [6, 6.07) is 0. The van der Waals surface area contributed by atoms with Crippen LogP contribution < -0.4 is 5.73 Å². The molecule has 0 saturated carbocycles. The van der Waals surface area contributed by atoms with Gasteiger partial charge in [0, 0.05) is 19.0 Å². The average Bonchev–Trinajstić information content (AvgIpc) is 2.98. The molecule has 0 aliphatic rings. The number of ether oxygens (including phenoxy) is 11. The lowest BCUT2D eigenvalue weighted by Gasteiger charge is -2.09. The molecule has 0 radical (unpaired) electrons. The van der Waals surface area contributed by atoms with Crippen LogP contribution in [0.1, 0.15) is 25.7 Å². The SMILES string of the molecule is NCCOCCOCCOCCOCCOCCOCCOCCOCCOCCOCCOCCCCCCCl. The molecule has 0 rings (SSSR count). The molecule has 0 aliphatic carbocycles. The third-order valence-corrected chi connectivity index (χ3v) is 5.42. The Morgan fingerprint density at radius 1 is 0.268 bits per heavy atom. The predicted molar refractivity (Wildman–Crippen MR) is 157 cm³/mol. The Morgan fingerprint density at radius 2 is 0.488 bits per heavy atom. The van der Waals surface area contributed by atoms with E-state index in [1.165, 1.54) is 12.8 Å². The van der Waals surface area contributed by atoms with Crippen molar-refractivity contribution in [3.8, 4) is 0 Å². The molecular weight excluding hydrogens is 562 g/mol. The number of rotatable bonds is 38. The first-order valence-electron chi connectivity index (χ1n) is 15.0. The minimum absolute atomic E-state index is 0.518. The molecule has 2 N–H and O–H groups in total. The molecule has 248 valence electrons. The topological polar surface area (TPSA) is 128 Å². The normalized spacial score (nSPS) is 11.6. The number of alkyl halides is 1. The molecule has 0 amide bonds. The first-order valence-corrected chi connectivity index (χ1v) is 15.6. The molecule has 0 aromatic heterocycles. The Morgan fingerprint density at radius 3 is 0.732 bits per heavy atom. The van der Waals surface area contributed by atoms with Gasteiger partial charge in [-0.1, -0.05) is 12.8 Å². The van der Waals surface area contributed by atoms with E-state index in [1.807, 2.05) is 0 Å². The van der Waals surface area contributed by atoms with Crippen molar-refractivity contribution in [2.24, 2.45) is 5.73 Å². The molecule has 13 heteroatoms. The zero-order valence-electron chi connectivity index (χ0n) is 25.2. The van der Waals surface area contributed by atoms with Gasteiger partial charge in [0.1, 0.15) is 0 Å². The Bertz CT molecular complexity index is 421. The molecule has 0 fully saturated rings. The zero-order valence-corrected chi connectivity index (χ0v) is 26.0. The van der Waals surface area contributed by atoms with E-state index in [2.05, 4.69) is 0 Å². The van der Waals surface area contributed by atoms with E-state index in [9.17, 15) is 0 Å². The standard InChI is InChI=1S/C28H58ClNO11/c29-5-3-1-2-4-7-31-9-11-33-13-15-35-17-19-37-21-23-39-25-27-41-28-26-40-24-22-38-20-18-36-16-14-34-12-10-32-8-6-30/h1-28,30H2. The lowest BCUT2D eigenvalue weighted by atomic mass is 10.2. The van der Waals surface area contributed by atoms with E-state index in [1.54, 1.807) is 0 Å². The van der Waals surface area contributed by atoms with E-state index in [0.717, 1.165) is 25.3 Å². The summed E-state index contributed by atoms with van der Waals surface area (Å²) in [5.41, 5.74) is 5.33. The minimum atomic E-state index is 0.518. The number of unbranched alkanes of at least 4 members (excludes halogenated alkanes) is 3. The van der Waals surface area contributed by atoms with Crippen molar-refractivity contribution in [3.63, 3.8) is 0 Å². The fourth-order valence-electron chi connectivity index (χ4n) is 3.04. The van der Waals surface area contributed by atoms with Crippen molar-refractivity contribution in [3.05, 3.63) is 0 Å². The maximum atomic E-state index is 5.65. The third kappa shape index (κ3) is 39.8. The number of hydrogen-bond donors (Lipinski definition) is 1. The second-order valence-electron chi connectivity index (χ2n) is 8.63. The lowest BCUT2D eigenvalue weighted by Crippen LogP contribution is -2.15. The molecule has 0 spiro atoms. The van der Waals surface area contributed by atoms with Crippen LogP contribution in [0.3, 0.4) is 0 Å². The molecule has 0 heterocycles. The minimum Gasteiger partial charge on any atom is -0.379 e. The smallest absolute Gasteiger partial charge is 0.0701 e. The van der Waals surface area contributed by atoms with Crippen LogP contribution in [0.2, 0.25) is 0 Å². The fraction of sp³-hybridized carbons (Fsp3) is 1.00. The molecular formula is C28H58ClNO11. The van der Waals surface area contributed by atoms with E-state index in [-0.39, 0.29) is 0 Å². The average molecular weight is 620 g/mol. The molecule has 0 aliphatic heterocycles. The van der Waals surface area contributed by atoms with Gasteiger partial charge in [0.15, 0.2) is 0 Å². The largest absolute Gasteiger partial charge is 0.379 e. The third-order valence-electron chi connectivity index (χ3n) is 5.15. The van der Waals surface area contributed by atoms with E-state index in [0.29, 0.717) is 145 Å². The van der Waals surface area contributed by atoms with E-state index >= 15 is 0 Å². The maximum absolute atomic E-state index is 5.65. The van der Waals surface area contributed by atoms with Gasteiger partial charge in [0.2, 0.25) is 0 Å². The van der Waals surface area contributed by atoms with Crippen LogP contribution in [-0.4, -0.2) is 158 Å². The highest BCUT2D eigenvalue weighted by atomic mass is 35.5. The van der Waals surface area contributed by atoms with Crippen LogP contribution in [0.5, 0.6) is 0 Å². The van der Waals surface area contributed by atoms with Crippen molar-refractivity contribution < 1.29 is 52.1 Å². The molecule has 0 atom stereocenters. The Labute approximate surface area is 252 Å². The molecule has 0 saturated heterocycles. The van der Waals surface area contributed by atoms with Gasteiger partial charge >= 0.3 is 0 Å². The van der Waals surface area contributed by atoms with Crippen LogP contribution in [0.15, 0.2) is 0 Å². The molecule has 0 aromatic carbocycles. The van der Waals surface area contributed by atoms with Gasteiger partial charge < -0.3 is 57.8 Å². The van der Waals surface area contributed by atoms with Crippen molar-refractivity contribution in [1.29, 1.82) is 0 Å². The lowest BCUT2D eigenvalue weighted by molar-refractivity contribution is -0.0274. The van der Waals surface area contributed by atoms with Gasteiger partial charge in [-0.3, -0.25) is 0 Å². The fourth-order valence-corrected chi connectivity index (χ4v) is 3.23. The first-order chi connectivity index (χ1) is 20.4.